The summed E-state index contributed by atoms with van der Waals surface area (Å²) in [6.45, 7) is 4.01. The van der Waals surface area contributed by atoms with E-state index >= 15 is 0 Å². The number of H-pyrrole nitrogens is 1. The van der Waals surface area contributed by atoms with Gasteiger partial charge in [-0.3, -0.25) is 4.98 Å². The minimum Gasteiger partial charge on any atom is -0.343 e. The van der Waals surface area contributed by atoms with Gasteiger partial charge in [0.1, 0.15) is 10.5 Å². The monoisotopic (exact) mass is 271 g/mol. The number of aromatic nitrogens is 3. The molecule has 4 heteroatoms. The molecule has 3 nitrogen and oxygen atoms in total. The molecule has 0 aliphatic heterocycles. The van der Waals surface area contributed by atoms with Crippen molar-refractivity contribution in [3.8, 4) is 11.4 Å². The third-order valence-corrected chi connectivity index (χ3v) is 3.90. The van der Waals surface area contributed by atoms with Crippen LogP contribution in [-0.4, -0.2) is 15.0 Å². The van der Waals surface area contributed by atoms with E-state index in [2.05, 4.69) is 27.1 Å². The molecule has 0 spiro atoms. The molecule has 19 heavy (non-hydrogen) atoms. The van der Waals surface area contributed by atoms with E-state index in [0.717, 1.165) is 40.3 Å². The highest BCUT2D eigenvalue weighted by Crippen LogP contribution is 2.24. The Labute approximate surface area is 118 Å². The van der Waals surface area contributed by atoms with Gasteiger partial charge in [0.2, 0.25) is 0 Å². The van der Waals surface area contributed by atoms with Crippen molar-refractivity contribution in [2.75, 3.05) is 0 Å². The Morgan fingerprint density at radius 1 is 1.05 bits per heavy atom. The summed E-state index contributed by atoms with van der Waals surface area (Å²) in [4.78, 5) is 12.4. The van der Waals surface area contributed by atoms with E-state index in [9.17, 15) is 0 Å². The number of rotatable bonds is 1. The maximum Gasteiger partial charge on any atom is 0.139 e. The molecule has 0 aromatic carbocycles. The van der Waals surface area contributed by atoms with Gasteiger partial charge in [0.05, 0.1) is 0 Å². The number of hydrogen-bond donors (Lipinski definition) is 1. The number of pyridine rings is 1. The second kappa shape index (κ2) is 4.85. The van der Waals surface area contributed by atoms with Crippen LogP contribution in [0.15, 0.2) is 12.1 Å². The lowest BCUT2D eigenvalue weighted by Crippen LogP contribution is -2.09. The van der Waals surface area contributed by atoms with E-state index in [4.69, 9.17) is 12.2 Å². The van der Waals surface area contributed by atoms with Crippen LogP contribution in [0.25, 0.3) is 11.4 Å². The number of nitrogens with zero attached hydrogens (tertiary/aromatic N) is 2. The number of aryl methyl sites for hydroxylation is 3. The highest BCUT2D eigenvalue weighted by atomic mass is 32.1. The van der Waals surface area contributed by atoms with Crippen LogP contribution in [0.3, 0.4) is 0 Å². The molecule has 1 aliphatic carbocycles. The highest BCUT2D eigenvalue weighted by Gasteiger charge is 2.14. The Morgan fingerprint density at radius 3 is 2.47 bits per heavy atom. The molecule has 0 atom stereocenters. The normalized spacial score (nSPS) is 14.2. The van der Waals surface area contributed by atoms with Crippen LogP contribution in [0.2, 0.25) is 0 Å². The van der Waals surface area contributed by atoms with Gasteiger partial charge >= 0.3 is 0 Å². The van der Waals surface area contributed by atoms with Crippen LogP contribution in [0.1, 0.15) is 35.5 Å². The molecule has 2 aromatic heterocycles. The van der Waals surface area contributed by atoms with Gasteiger partial charge in [0.25, 0.3) is 0 Å². The average Bonchev–Trinajstić information content (AvgIpc) is 2.37. The van der Waals surface area contributed by atoms with Gasteiger partial charge < -0.3 is 4.98 Å². The van der Waals surface area contributed by atoms with Crippen molar-refractivity contribution in [3.05, 3.63) is 39.4 Å². The summed E-state index contributed by atoms with van der Waals surface area (Å²) < 4.78 is 0.760. The molecule has 0 radical (unpaired) electrons. The Kier molecular flexibility index (Phi) is 3.19. The van der Waals surface area contributed by atoms with E-state index in [1.165, 1.54) is 24.1 Å². The van der Waals surface area contributed by atoms with E-state index in [1.54, 1.807) is 0 Å². The number of fused-ring (bicyclic) bond motifs is 1. The summed E-state index contributed by atoms with van der Waals surface area (Å²) in [5, 5.41) is 0. The van der Waals surface area contributed by atoms with Gasteiger partial charge in [0, 0.05) is 28.2 Å². The average molecular weight is 271 g/mol. The summed E-state index contributed by atoms with van der Waals surface area (Å²) in [6, 6.07) is 4.10. The molecule has 0 saturated carbocycles. The van der Waals surface area contributed by atoms with Crippen molar-refractivity contribution in [1.82, 2.24) is 15.0 Å². The van der Waals surface area contributed by atoms with Crippen LogP contribution in [0.4, 0.5) is 0 Å². The zero-order valence-corrected chi connectivity index (χ0v) is 12.1. The fourth-order valence-corrected chi connectivity index (χ4v) is 3.04. The van der Waals surface area contributed by atoms with Crippen molar-refractivity contribution in [3.63, 3.8) is 0 Å². The molecule has 3 rings (SSSR count). The Hall–Kier alpha value is -1.55. The van der Waals surface area contributed by atoms with Crippen LogP contribution >= 0.6 is 12.2 Å². The number of nitrogens with one attached hydrogen (secondary N) is 1. The number of aromatic amines is 1. The van der Waals surface area contributed by atoms with Crippen molar-refractivity contribution in [2.45, 2.75) is 39.5 Å². The van der Waals surface area contributed by atoms with Crippen LogP contribution in [-0.2, 0) is 12.8 Å². The van der Waals surface area contributed by atoms with Gasteiger partial charge in [-0.05, 0) is 51.7 Å². The first-order chi connectivity index (χ1) is 9.13. The molecule has 1 aliphatic rings. The SMILES string of the molecule is Cc1cc(-c2nc(=S)c3c([nH]2)CCCC3)cc(C)n1. The van der Waals surface area contributed by atoms with Gasteiger partial charge in [-0.15, -0.1) is 0 Å². The fraction of sp³-hybridized carbons (Fsp3) is 0.400. The van der Waals surface area contributed by atoms with E-state index < -0.39 is 0 Å². The lowest BCUT2D eigenvalue weighted by atomic mass is 9.97. The van der Waals surface area contributed by atoms with E-state index in [-0.39, 0.29) is 0 Å². The molecular weight excluding hydrogens is 254 g/mol. The van der Waals surface area contributed by atoms with Crippen molar-refractivity contribution < 1.29 is 0 Å². The van der Waals surface area contributed by atoms with Crippen molar-refractivity contribution >= 4 is 12.2 Å². The minimum atomic E-state index is 0.760. The first kappa shape index (κ1) is 12.5. The largest absolute Gasteiger partial charge is 0.343 e. The summed E-state index contributed by atoms with van der Waals surface area (Å²) in [5.41, 5.74) is 5.60. The standard InChI is InChI=1S/C15H17N3S/c1-9-7-11(8-10(2)16-9)14-17-13-6-4-3-5-12(13)15(19)18-14/h7-8H,3-6H2,1-2H3,(H,17,18,19). The lowest BCUT2D eigenvalue weighted by Gasteiger charge is -2.16. The first-order valence-electron chi connectivity index (χ1n) is 6.71. The quantitative estimate of drug-likeness (QED) is 0.804. The molecule has 2 aromatic rings. The van der Waals surface area contributed by atoms with Crippen LogP contribution in [0, 0.1) is 18.5 Å². The van der Waals surface area contributed by atoms with Gasteiger partial charge in [-0.25, -0.2) is 4.98 Å². The first-order valence-corrected chi connectivity index (χ1v) is 7.12. The van der Waals surface area contributed by atoms with Crippen molar-refractivity contribution in [1.29, 1.82) is 0 Å². The summed E-state index contributed by atoms with van der Waals surface area (Å²) >= 11 is 5.45. The second-order valence-corrected chi connectivity index (χ2v) is 5.58. The molecule has 0 unspecified atom stereocenters. The molecule has 0 bridgehead atoms. The molecule has 0 saturated heterocycles. The maximum atomic E-state index is 5.45. The lowest BCUT2D eigenvalue weighted by molar-refractivity contribution is 0.661. The molecule has 2 heterocycles. The van der Waals surface area contributed by atoms with Crippen LogP contribution in [0.5, 0.6) is 0 Å². The predicted molar refractivity (Wildman–Crippen MR) is 78.8 cm³/mol. The Balaban J connectivity index is 2.15. The molecular formula is C15H17N3S. The third kappa shape index (κ3) is 2.45. The molecule has 1 N–H and O–H groups in total. The highest BCUT2D eigenvalue weighted by molar-refractivity contribution is 7.71. The fourth-order valence-electron chi connectivity index (χ4n) is 2.73. The van der Waals surface area contributed by atoms with Crippen LogP contribution < -0.4 is 0 Å². The summed E-state index contributed by atoms with van der Waals surface area (Å²) in [5.74, 6) is 0.874. The third-order valence-electron chi connectivity index (χ3n) is 3.56. The minimum absolute atomic E-state index is 0.760. The van der Waals surface area contributed by atoms with E-state index in [0.29, 0.717) is 0 Å². The zero-order valence-electron chi connectivity index (χ0n) is 11.3. The van der Waals surface area contributed by atoms with Gasteiger partial charge in [0.15, 0.2) is 0 Å². The smallest absolute Gasteiger partial charge is 0.139 e. The van der Waals surface area contributed by atoms with Gasteiger partial charge in [-0.1, -0.05) is 12.2 Å². The molecule has 98 valence electrons. The number of hydrogen-bond acceptors (Lipinski definition) is 3. The van der Waals surface area contributed by atoms with E-state index in [1.807, 2.05) is 13.8 Å². The zero-order chi connectivity index (χ0) is 13.4. The molecule has 0 amide bonds. The summed E-state index contributed by atoms with van der Waals surface area (Å²) in [6.07, 6.45) is 4.60. The maximum absolute atomic E-state index is 5.45. The topological polar surface area (TPSA) is 41.6 Å². The van der Waals surface area contributed by atoms with Gasteiger partial charge in [-0.2, -0.15) is 0 Å². The Morgan fingerprint density at radius 2 is 1.74 bits per heavy atom. The predicted octanol–water partition coefficient (Wildman–Crippen LogP) is 3.70. The summed E-state index contributed by atoms with van der Waals surface area (Å²) in [7, 11) is 0. The molecule has 0 fully saturated rings. The van der Waals surface area contributed by atoms with Crippen molar-refractivity contribution in [2.24, 2.45) is 0 Å². The second-order valence-electron chi connectivity index (χ2n) is 5.19. The Bertz CT molecular complexity index is 668.